The molecule has 0 spiro atoms. The fourth-order valence-corrected chi connectivity index (χ4v) is 3.79. The van der Waals surface area contributed by atoms with E-state index in [1.807, 2.05) is 24.3 Å². The van der Waals surface area contributed by atoms with Crippen LogP contribution in [0.5, 0.6) is 0 Å². The lowest BCUT2D eigenvalue weighted by Crippen LogP contribution is -2.25. The van der Waals surface area contributed by atoms with Crippen LogP contribution < -0.4 is 10.0 Å². The highest BCUT2D eigenvalue weighted by molar-refractivity contribution is 9.10. The van der Waals surface area contributed by atoms with Crippen molar-refractivity contribution in [2.24, 2.45) is 0 Å². The highest BCUT2D eigenvalue weighted by atomic mass is 79.9. The fourth-order valence-electron chi connectivity index (χ4n) is 2.00. The molecule has 0 unspecified atom stereocenters. The molecule has 1 heterocycles. The number of H-pyrrole nitrogens is 1. The molecule has 0 aliphatic heterocycles. The Hall–Kier alpha value is -1.22. The van der Waals surface area contributed by atoms with Crippen LogP contribution in [0.4, 0.5) is 0 Å². The minimum atomic E-state index is -3.62. The zero-order valence-electron chi connectivity index (χ0n) is 11.8. The van der Waals surface area contributed by atoms with Crippen molar-refractivity contribution >= 4 is 26.0 Å². The summed E-state index contributed by atoms with van der Waals surface area (Å²) in [4.78, 5) is 0.212. The van der Waals surface area contributed by atoms with E-state index in [9.17, 15) is 8.42 Å². The lowest BCUT2D eigenvalue weighted by atomic mass is 10.2. The normalized spacial score (nSPS) is 11.8. The van der Waals surface area contributed by atoms with Crippen molar-refractivity contribution in [3.63, 3.8) is 0 Å². The molecule has 2 rings (SSSR count). The van der Waals surface area contributed by atoms with E-state index in [1.165, 1.54) is 0 Å². The maximum Gasteiger partial charge on any atom is 0.244 e. The molecule has 0 amide bonds. The molecule has 21 heavy (non-hydrogen) atoms. The third-order valence-electron chi connectivity index (χ3n) is 2.98. The molecule has 1 aromatic carbocycles. The summed E-state index contributed by atoms with van der Waals surface area (Å²) in [6, 6.07) is 7.49. The molecule has 1 aromatic heterocycles. The minimum Gasteiger partial charge on any atom is -0.314 e. The van der Waals surface area contributed by atoms with Gasteiger partial charge in [0, 0.05) is 17.6 Å². The van der Waals surface area contributed by atoms with Crippen LogP contribution >= 0.6 is 15.9 Å². The standard InChI is InChI=1S/C13H17BrN4O2S/c1-9-13(12(8-15-2)18-17-9)21(19,20)16-7-10-5-3-4-6-11(10)14/h3-6,15-16H,7-8H2,1-2H3,(H,17,18). The van der Waals surface area contributed by atoms with E-state index < -0.39 is 10.0 Å². The summed E-state index contributed by atoms with van der Waals surface area (Å²) in [5, 5.41) is 9.66. The molecule has 0 saturated heterocycles. The number of hydrogen-bond donors (Lipinski definition) is 3. The van der Waals surface area contributed by atoms with E-state index in [2.05, 4.69) is 36.2 Å². The molecule has 0 aliphatic rings. The van der Waals surface area contributed by atoms with E-state index in [4.69, 9.17) is 0 Å². The largest absolute Gasteiger partial charge is 0.314 e. The van der Waals surface area contributed by atoms with Gasteiger partial charge in [0.05, 0.1) is 11.4 Å². The molecule has 0 radical (unpaired) electrons. The van der Waals surface area contributed by atoms with Crippen molar-refractivity contribution in [3.8, 4) is 0 Å². The Bertz CT molecular complexity index is 728. The van der Waals surface area contributed by atoms with Gasteiger partial charge in [-0.25, -0.2) is 13.1 Å². The molecule has 8 heteroatoms. The third-order valence-corrected chi connectivity index (χ3v) is 5.36. The van der Waals surface area contributed by atoms with Crippen LogP contribution in [-0.2, 0) is 23.1 Å². The van der Waals surface area contributed by atoms with Crippen LogP contribution in [0.2, 0.25) is 0 Å². The summed E-state index contributed by atoms with van der Waals surface area (Å²) < 4.78 is 28.4. The van der Waals surface area contributed by atoms with Gasteiger partial charge < -0.3 is 5.32 Å². The molecule has 0 atom stereocenters. The van der Waals surface area contributed by atoms with Crippen LogP contribution in [0.3, 0.4) is 0 Å². The second kappa shape index (κ2) is 6.69. The van der Waals surface area contributed by atoms with Crippen molar-refractivity contribution in [3.05, 3.63) is 45.7 Å². The smallest absolute Gasteiger partial charge is 0.244 e. The zero-order valence-corrected chi connectivity index (χ0v) is 14.2. The van der Waals surface area contributed by atoms with Gasteiger partial charge in [-0.1, -0.05) is 34.1 Å². The van der Waals surface area contributed by atoms with E-state index in [1.54, 1.807) is 14.0 Å². The first-order valence-electron chi connectivity index (χ1n) is 6.37. The number of benzene rings is 1. The van der Waals surface area contributed by atoms with Crippen LogP contribution in [0.1, 0.15) is 17.0 Å². The van der Waals surface area contributed by atoms with Crippen molar-refractivity contribution < 1.29 is 8.42 Å². The van der Waals surface area contributed by atoms with Gasteiger partial charge in [0.1, 0.15) is 4.90 Å². The average Bonchev–Trinajstić information content (AvgIpc) is 2.80. The maximum absolute atomic E-state index is 12.5. The second-order valence-corrected chi connectivity index (χ2v) is 7.13. The molecule has 3 N–H and O–H groups in total. The third kappa shape index (κ3) is 3.70. The van der Waals surface area contributed by atoms with E-state index >= 15 is 0 Å². The Morgan fingerprint density at radius 2 is 2.00 bits per heavy atom. The summed E-state index contributed by atoms with van der Waals surface area (Å²) in [5.41, 5.74) is 1.88. The van der Waals surface area contributed by atoms with Crippen LogP contribution in [-0.4, -0.2) is 25.7 Å². The van der Waals surface area contributed by atoms with Gasteiger partial charge in [0.15, 0.2) is 0 Å². The molecule has 0 bridgehead atoms. The Morgan fingerprint density at radius 3 is 2.67 bits per heavy atom. The Morgan fingerprint density at radius 1 is 1.29 bits per heavy atom. The van der Waals surface area contributed by atoms with Gasteiger partial charge >= 0.3 is 0 Å². The number of sulfonamides is 1. The number of nitrogens with one attached hydrogen (secondary N) is 3. The fraction of sp³-hybridized carbons (Fsp3) is 0.308. The van der Waals surface area contributed by atoms with Gasteiger partial charge in [-0.15, -0.1) is 0 Å². The first kappa shape index (κ1) is 16.2. The Balaban J connectivity index is 2.23. The van der Waals surface area contributed by atoms with Crippen LogP contribution in [0.25, 0.3) is 0 Å². The van der Waals surface area contributed by atoms with E-state index in [-0.39, 0.29) is 11.4 Å². The number of aromatic amines is 1. The number of hydrogen-bond acceptors (Lipinski definition) is 4. The Labute approximate surface area is 132 Å². The second-order valence-electron chi connectivity index (χ2n) is 4.57. The lowest BCUT2D eigenvalue weighted by molar-refractivity contribution is 0.578. The number of rotatable bonds is 6. The average molecular weight is 373 g/mol. The monoisotopic (exact) mass is 372 g/mol. The number of aryl methyl sites for hydroxylation is 1. The highest BCUT2D eigenvalue weighted by Gasteiger charge is 2.23. The molecule has 0 fully saturated rings. The van der Waals surface area contributed by atoms with Gasteiger partial charge in [0.2, 0.25) is 10.0 Å². The molecule has 114 valence electrons. The van der Waals surface area contributed by atoms with Crippen molar-refractivity contribution in [2.75, 3.05) is 7.05 Å². The highest BCUT2D eigenvalue weighted by Crippen LogP contribution is 2.20. The van der Waals surface area contributed by atoms with Crippen LogP contribution in [0.15, 0.2) is 33.6 Å². The maximum atomic E-state index is 12.5. The summed E-state index contributed by atoms with van der Waals surface area (Å²) in [6.45, 7) is 2.29. The Kier molecular flexibility index (Phi) is 5.15. The van der Waals surface area contributed by atoms with Gasteiger partial charge in [-0.3, -0.25) is 5.10 Å². The van der Waals surface area contributed by atoms with E-state index in [0.29, 0.717) is 17.9 Å². The lowest BCUT2D eigenvalue weighted by Gasteiger charge is -2.09. The quantitative estimate of drug-likeness (QED) is 0.719. The van der Waals surface area contributed by atoms with E-state index in [0.717, 1.165) is 10.0 Å². The first-order chi connectivity index (χ1) is 9.95. The zero-order chi connectivity index (χ0) is 15.5. The van der Waals surface area contributed by atoms with Crippen molar-refractivity contribution in [1.29, 1.82) is 0 Å². The number of halogens is 1. The summed E-state index contributed by atoms with van der Waals surface area (Å²) in [6.07, 6.45) is 0. The predicted molar refractivity (Wildman–Crippen MR) is 84.3 cm³/mol. The van der Waals surface area contributed by atoms with Crippen molar-refractivity contribution in [1.82, 2.24) is 20.2 Å². The van der Waals surface area contributed by atoms with Crippen LogP contribution in [0, 0.1) is 6.92 Å². The van der Waals surface area contributed by atoms with Gasteiger partial charge in [-0.05, 0) is 25.6 Å². The topological polar surface area (TPSA) is 86.9 Å². The summed E-state index contributed by atoms with van der Waals surface area (Å²) >= 11 is 3.40. The van der Waals surface area contributed by atoms with Gasteiger partial charge in [0.25, 0.3) is 0 Å². The first-order valence-corrected chi connectivity index (χ1v) is 8.65. The number of aromatic nitrogens is 2. The predicted octanol–water partition coefficient (Wildman–Crippen LogP) is 1.68. The molecule has 6 nitrogen and oxygen atoms in total. The summed E-state index contributed by atoms with van der Waals surface area (Å²) in [7, 11) is -1.88. The molecule has 0 saturated carbocycles. The number of nitrogens with zero attached hydrogens (tertiary/aromatic N) is 1. The van der Waals surface area contributed by atoms with Gasteiger partial charge in [-0.2, -0.15) is 5.10 Å². The summed E-state index contributed by atoms with van der Waals surface area (Å²) in [5.74, 6) is 0. The molecular weight excluding hydrogens is 356 g/mol. The molecular formula is C13H17BrN4O2S. The molecule has 2 aromatic rings. The SMILES string of the molecule is CNCc1n[nH]c(C)c1S(=O)(=O)NCc1ccccc1Br. The minimum absolute atomic E-state index is 0.212. The van der Waals surface area contributed by atoms with Crippen molar-refractivity contribution in [2.45, 2.75) is 24.9 Å². The molecule has 0 aliphatic carbocycles.